The fourth-order valence-corrected chi connectivity index (χ4v) is 1.79. The predicted octanol–water partition coefficient (Wildman–Crippen LogP) is 2.60. The minimum Gasteiger partial charge on any atom is -0.399 e. The molecular formula is C11H17BrN2O. The highest BCUT2D eigenvalue weighted by Crippen LogP contribution is 2.24. The van der Waals surface area contributed by atoms with Crippen molar-refractivity contribution in [2.75, 3.05) is 17.6 Å². The van der Waals surface area contributed by atoms with Crippen molar-refractivity contribution in [1.82, 2.24) is 0 Å². The number of nitrogen functional groups attached to an aromatic ring is 1. The Kier molecular flexibility index (Phi) is 4.91. The molecule has 0 saturated heterocycles. The van der Waals surface area contributed by atoms with Gasteiger partial charge in [0.1, 0.15) is 0 Å². The fraction of sp³-hybridized carbons (Fsp3) is 0.455. The van der Waals surface area contributed by atoms with Crippen molar-refractivity contribution in [3.63, 3.8) is 0 Å². The van der Waals surface area contributed by atoms with Crippen molar-refractivity contribution >= 4 is 27.3 Å². The number of nitrogens with two attached hydrogens (primary N) is 1. The third-order valence-electron chi connectivity index (χ3n) is 2.26. The number of hydrogen-bond acceptors (Lipinski definition) is 3. The molecule has 0 saturated carbocycles. The van der Waals surface area contributed by atoms with Crippen LogP contribution in [0.1, 0.15) is 19.8 Å². The minimum absolute atomic E-state index is 0.218. The largest absolute Gasteiger partial charge is 0.399 e. The number of rotatable bonds is 5. The quantitative estimate of drug-likeness (QED) is 0.723. The first-order chi connectivity index (χ1) is 7.13. The maximum absolute atomic E-state index is 9.38. The molecular weight excluding hydrogens is 256 g/mol. The van der Waals surface area contributed by atoms with Crippen LogP contribution in [0, 0.1) is 0 Å². The summed E-state index contributed by atoms with van der Waals surface area (Å²) in [4.78, 5) is 0. The third-order valence-corrected chi connectivity index (χ3v) is 2.91. The van der Waals surface area contributed by atoms with Crippen molar-refractivity contribution < 1.29 is 5.11 Å². The van der Waals surface area contributed by atoms with Crippen molar-refractivity contribution in [3.8, 4) is 0 Å². The highest BCUT2D eigenvalue weighted by atomic mass is 79.9. The van der Waals surface area contributed by atoms with E-state index in [1.165, 1.54) is 0 Å². The molecule has 3 nitrogen and oxygen atoms in total. The van der Waals surface area contributed by atoms with Gasteiger partial charge in [-0.1, -0.05) is 6.92 Å². The zero-order chi connectivity index (χ0) is 11.3. The molecule has 1 unspecified atom stereocenters. The van der Waals surface area contributed by atoms with Crippen LogP contribution in [-0.2, 0) is 0 Å². The smallest absolute Gasteiger partial charge is 0.0554 e. The summed E-state index contributed by atoms with van der Waals surface area (Å²) >= 11 is 3.43. The average molecular weight is 273 g/mol. The van der Waals surface area contributed by atoms with Gasteiger partial charge < -0.3 is 16.2 Å². The molecule has 0 aliphatic rings. The first-order valence-electron chi connectivity index (χ1n) is 5.10. The number of halogens is 1. The van der Waals surface area contributed by atoms with E-state index in [-0.39, 0.29) is 6.10 Å². The Bertz CT molecular complexity index is 317. The van der Waals surface area contributed by atoms with E-state index in [4.69, 9.17) is 5.73 Å². The molecule has 1 atom stereocenters. The van der Waals surface area contributed by atoms with Gasteiger partial charge in [-0.25, -0.2) is 0 Å². The molecule has 1 aromatic rings. The van der Waals surface area contributed by atoms with E-state index in [9.17, 15) is 5.11 Å². The number of aliphatic hydroxyl groups excluding tert-OH is 1. The van der Waals surface area contributed by atoms with Gasteiger partial charge in [0.25, 0.3) is 0 Å². The number of hydrogen-bond donors (Lipinski definition) is 3. The van der Waals surface area contributed by atoms with Crippen LogP contribution in [0.15, 0.2) is 22.7 Å². The van der Waals surface area contributed by atoms with Gasteiger partial charge in [0.15, 0.2) is 0 Å². The topological polar surface area (TPSA) is 58.3 Å². The van der Waals surface area contributed by atoms with E-state index in [0.717, 1.165) is 35.2 Å². The normalized spacial score (nSPS) is 12.5. The first kappa shape index (κ1) is 12.3. The lowest BCUT2D eigenvalue weighted by atomic mass is 10.2. The molecule has 84 valence electrons. The van der Waals surface area contributed by atoms with Crippen LogP contribution in [0.4, 0.5) is 11.4 Å². The molecule has 4 N–H and O–H groups in total. The molecule has 0 radical (unpaired) electrons. The van der Waals surface area contributed by atoms with Crippen LogP contribution in [0.5, 0.6) is 0 Å². The van der Waals surface area contributed by atoms with Crippen LogP contribution >= 0.6 is 15.9 Å². The van der Waals surface area contributed by atoms with Crippen molar-refractivity contribution in [3.05, 3.63) is 22.7 Å². The second kappa shape index (κ2) is 5.98. The summed E-state index contributed by atoms with van der Waals surface area (Å²) in [6.45, 7) is 2.74. The highest BCUT2D eigenvalue weighted by Gasteiger charge is 2.02. The van der Waals surface area contributed by atoms with Gasteiger partial charge in [-0.2, -0.15) is 0 Å². The summed E-state index contributed by atoms with van der Waals surface area (Å²) in [6, 6.07) is 5.64. The molecule has 0 spiro atoms. The Labute approximate surface area is 98.8 Å². The van der Waals surface area contributed by atoms with Crippen LogP contribution in [-0.4, -0.2) is 17.8 Å². The lowest BCUT2D eigenvalue weighted by Crippen LogP contribution is -2.12. The molecule has 0 amide bonds. The summed E-state index contributed by atoms with van der Waals surface area (Å²) in [5, 5.41) is 12.6. The van der Waals surface area contributed by atoms with E-state index in [2.05, 4.69) is 21.2 Å². The molecule has 1 aromatic carbocycles. The maximum atomic E-state index is 9.38. The molecule has 4 heteroatoms. The van der Waals surface area contributed by atoms with E-state index in [1.807, 2.05) is 25.1 Å². The Hall–Kier alpha value is -0.740. The Morgan fingerprint density at radius 2 is 2.27 bits per heavy atom. The second-order valence-electron chi connectivity index (χ2n) is 3.52. The molecule has 0 aliphatic heterocycles. The van der Waals surface area contributed by atoms with Gasteiger partial charge in [0.05, 0.1) is 6.10 Å². The molecule has 0 heterocycles. The number of aliphatic hydroxyl groups is 1. The Balaban J connectivity index is 2.44. The van der Waals surface area contributed by atoms with Crippen molar-refractivity contribution in [1.29, 1.82) is 0 Å². The fourth-order valence-electron chi connectivity index (χ4n) is 1.25. The first-order valence-corrected chi connectivity index (χ1v) is 5.89. The van der Waals surface area contributed by atoms with E-state index in [0.29, 0.717) is 0 Å². The summed E-state index contributed by atoms with van der Waals surface area (Å²) < 4.78 is 0.952. The molecule has 1 rings (SSSR count). The number of nitrogens with one attached hydrogen (secondary N) is 1. The van der Waals surface area contributed by atoms with Crippen molar-refractivity contribution in [2.45, 2.75) is 25.9 Å². The highest BCUT2D eigenvalue weighted by molar-refractivity contribution is 9.10. The summed E-state index contributed by atoms with van der Waals surface area (Å²) in [6.07, 6.45) is 1.34. The molecule has 15 heavy (non-hydrogen) atoms. The lowest BCUT2D eigenvalue weighted by Gasteiger charge is -2.11. The second-order valence-corrected chi connectivity index (χ2v) is 4.37. The van der Waals surface area contributed by atoms with Gasteiger partial charge in [-0.15, -0.1) is 0 Å². The SMILES string of the molecule is CCC(O)CCNc1ccc(N)cc1Br. The average Bonchev–Trinajstić information content (AvgIpc) is 2.21. The summed E-state index contributed by atoms with van der Waals surface area (Å²) in [7, 11) is 0. The zero-order valence-electron chi connectivity index (χ0n) is 8.83. The maximum Gasteiger partial charge on any atom is 0.0554 e. The standard InChI is InChI=1S/C11H17BrN2O/c1-2-9(15)5-6-14-11-4-3-8(13)7-10(11)12/h3-4,7,9,14-15H,2,5-6,13H2,1H3. The van der Waals surface area contributed by atoms with Crippen LogP contribution < -0.4 is 11.1 Å². The van der Waals surface area contributed by atoms with E-state index < -0.39 is 0 Å². The molecule has 0 bridgehead atoms. The summed E-state index contributed by atoms with van der Waals surface area (Å²) in [5.41, 5.74) is 7.37. The zero-order valence-corrected chi connectivity index (χ0v) is 10.4. The van der Waals surface area contributed by atoms with Crippen LogP contribution in [0.2, 0.25) is 0 Å². The molecule has 0 aliphatic carbocycles. The van der Waals surface area contributed by atoms with Gasteiger partial charge in [0.2, 0.25) is 0 Å². The van der Waals surface area contributed by atoms with E-state index >= 15 is 0 Å². The third kappa shape index (κ3) is 4.10. The van der Waals surface area contributed by atoms with Gasteiger partial charge >= 0.3 is 0 Å². The lowest BCUT2D eigenvalue weighted by molar-refractivity contribution is 0.164. The summed E-state index contributed by atoms with van der Waals surface area (Å²) in [5.74, 6) is 0. The minimum atomic E-state index is -0.218. The monoisotopic (exact) mass is 272 g/mol. The van der Waals surface area contributed by atoms with Crippen molar-refractivity contribution in [2.24, 2.45) is 0 Å². The number of anilines is 2. The molecule has 0 fully saturated rings. The number of benzene rings is 1. The molecule has 0 aromatic heterocycles. The van der Waals surface area contributed by atoms with Crippen LogP contribution in [0.3, 0.4) is 0 Å². The van der Waals surface area contributed by atoms with Crippen LogP contribution in [0.25, 0.3) is 0 Å². The predicted molar refractivity (Wildman–Crippen MR) is 68.0 cm³/mol. The van der Waals surface area contributed by atoms with E-state index in [1.54, 1.807) is 0 Å². The Morgan fingerprint density at radius 1 is 1.53 bits per heavy atom. The van der Waals surface area contributed by atoms with Gasteiger partial charge in [0, 0.05) is 22.4 Å². The van der Waals surface area contributed by atoms with Gasteiger partial charge in [-0.05, 0) is 47.0 Å². The Morgan fingerprint density at radius 3 is 2.87 bits per heavy atom. The van der Waals surface area contributed by atoms with Gasteiger partial charge in [-0.3, -0.25) is 0 Å².